The standard InChI is InChI=1S/C7H8FO3P/c1-5-2-3-6(4-7(5)8)11-12(9)10/h2-4,9-10H,1H3. The topological polar surface area (TPSA) is 49.7 Å². The van der Waals surface area contributed by atoms with E-state index in [1.165, 1.54) is 12.1 Å². The molecule has 1 aromatic rings. The molecular formula is C7H8FO3P. The van der Waals surface area contributed by atoms with Crippen LogP contribution in [0.15, 0.2) is 18.2 Å². The predicted octanol–water partition coefficient (Wildman–Crippen LogP) is 1.72. The van der Waals surface area contributed by atoms with E-state index in [1.54, 1.807) is 6.92 Å². The van der Waals surface area contributed by atoms with Crippen LogP contribution in [0.25, 0.3) is 0 Å². The van der Waals surface area contributed by atoms with Crippen LogP contribution < -0.4 is 4.52 Å². The summed E-state index contributed by atoms with van der Waals surface area (Å²) in [6.45, 7) is 1.61. The third-order valence-electron chi connectivity index (χ3n) is 1.33. The molecule has 0 aliphatic carbocycles. The first-order valence-corrected chi connectivity index (χ1v) is 4.38. The van der Waals surface area contributed by atoms with Crippen LogP contribution in [0, 0.1) is 12.7 Å². The van der Waals surface area contributed by atoms with Crippen LogP contribution in [0.5, 0.6) is 5.75 Å². The van der Waals surface area contributed by atoms with Gasteiger partial charge in [-0.25, -0.2) is 4.39 Å². The Balaban J connectivity index is 2.82. The van der Waals surface area contributed by atoms with Crippen molar-refractivity contribution in [1.29, 1.82) is 0 Å². The number of hydrogen-bond donors (Lipinski definition) is 2. The molecule has 5 heteroatoms. The van der Waals surface area contributed by atoms with Crippen molar-refractivity contribution in [2.24, 2.45) is 0 Å². The maximum absolute atomic E-state index is 12.8. The van der Waals surface area contributed by atoms with Gasteiger partial charge in [0.2, 0.25) is 0 Å². The highest BCUT2D eigenvalue weighted by Gasteiger charge is 2.04. The van der Waals surface area contributed by atoms with Crippen molar-refractivity contribution < 1.29 is 18.7 Å². The fourth-order valence-electron chi connectivity index (χ4n) is 0.725. The van der Waals surface area contributed by atoms with Crippen LogP contribution >= 0.6 is 8.60 Å². The molecule has 0 bridgehead atoms. The van der Waals surface area contributed by atoms with Gasteiger partial charge < -0.3 is 14.3 Å². The third-order valence-corrected chi connectivity index (χ3v) is 1.70. The van der Waals surface area contributed by atoms with Crippen molar-refractivity contribution in [3.63, 3.8) is 0 Å². The quantitative estimate of drug-likeness (QED) is 0.698. The first-order chi connectivity index (χ1) is 5.59. The van der Waals surface area contributed by atoms with Gasteiger partial charge >= 0.3 is 8.60 Å². The van der Waals surface area contributed by atoms with E-state index < -0.39 is 14.4 Å². The Morgan fingerprint density at radius 1 is 1.42 bits per heavy atom. The summed E-state index contributed by atoms with van der Waals surface area (Å²) in [5, 5.41) is 0. The van der Waals surface area contributed by atoms with Gasteiger partial charge in [0.05, 0.1) is 0 Å². The molecule has 0 aliphatic heterocycles. The smallest absolute Gasteiger partial charge is 0.391 e. The average molecular weight is 190 g/mol. The van der Waals surface area contributed by atoms with Crippen LogP contribution in [0.4, 0.5) is 4.39 Å². The van der Waals surface area contributed by atoms with E-state index in [2.05, 4.69) is 4.52 Å². The van der Waals surface area contributed by atoms with Crippen LogP contribution in [-0.2, 0) is 0 Å². The Morgan fingerprint density at radius 2 is 2.08 bits per heavy atom. The minimum absolute atomic E-state index is 0.120. The molecule has 0 saturated carbocycles. The Labute approximate surface area is 70.4 Å². The molecule has 0 radical (unpaired) electrons. The van der Waals surface area contributed by atoms with Gasteiger partial charge in [0.15, 0.2) is 0 Å². The van der Waals surface area contributed by atoms with Gasteiger partial charge in [-0.05, 0) is 18.6 Å². The fourth-order valence-corrected chi connectivity index (χ4v) is 1.03. The summed E-state index contributed by atoms with van der Waals surface area (Å²) >= 11 is 0. The average Bonchev–Trinajstić information content (AvgIpc) is 1.96. The highest BCUT2D eigenvalue weighted by molar-refractivity contribution is 7.39. The summed E-state index contributed by atoms with van der Waals surface area (Å²) in [6, 6.07) is 4.08. The molecule has 3 nitrogen and oxygen atoms in total. The predicted molar refractivity (Wildman–Crippen MR) is 43.1 cm³/mol. The van der Waals surface area contributed by atoms with Crippen LogP contribution in [0.3, 0.4) is 0 Å². The molecule has 0 fully saturated rings. The normalized spacial score (nSPS) is 10.4. The minimum Gasteiger partial charge on any atom is -0.427 e. The Kier molecular flexibility index (Phi) is 2.98. The lowest BCUT2D eigenvalue weighted by Crippen LogP contribution is -1.87. The van der Waals surface area contributed by atoms with Crippen molar-refractivity contribution in [3.8, 4) is 5.75 Å². The van der Waals surface area contributed by atoms with Gasteiger partial charge in [-0.15, -0.1) is 0 Å². The van der Waals surface area contributed by atoms with Gasteiger partial charge in [-0.1, -0.05) is 6.07 Å². The molecule has 0 heterocycles. The van der Waals surface area contributed by atoms with Crippen molar-refractivity contribution in [2.75, 3.05) is 0 Å². The molecule has 0 aromatic heterocycles. The zero-order valence-electron chi connectivity index (χ0n) is 6.36. The van der Waals surface area contributed by atoms with E-state index in [0.29, 0.717) is 5.56 Å². The van der Waals surface area contributed by atoms with Gasteiger partial charge in [0, 0.05) is 6.07 Å². The Bertz CT molecular complexity index is 277. The number of halogens is 1. The highest BCUT2D eigenvalue weighted by Crippen LogP contribution is 2.29. The van der Waals surface area contributed by atoms with E-state index in [0.717, 1.165) is 6.07 Å². The van der Waals surface area contributed by atoms with Crippen molar-refractivity contribution in [1.82, 2.24) is 0 Å². The lowest BCUT2D eigenvalue weighted by atomic mass is 10.2. The molecule has 0 unspecified atom stereocenters. The van der Waals surface area contributed by atoms with Crippen molar-refractivity contribution >= 4 is 8.60 Å². The lowest BCUT2D eigenvalue weighted by molar-refractivity contribution is 0.374. The van der Waals surface area contributed by atoms with Crippen LogP contribution in [0.2, 0.25) is 0 Å². The molecule has 2 N–H and O–H groups in total. The molecule has 0 amide bonds. The summed E-state index contributed by atoms with van der Waals surface area (Å²) in [5.41, 5.74) is 0.488. The van der Waals surface area contributed by atoms with Gasteiger partial charge in [0.1, 0.15) is 11.6 Å². The molecule has 1 aromatic carbocycles. The zero-order valence-corrected chi connectivity index (χ0v) is 7.25. The van der Waals surface area contributed by atoms with E-state index in [9.17, 15) is 4.39 Å². The molecular weight excluding hydrogens is 182 g/mol. The SMILES string of the molecule is Cc1ccc(OP(O)O)cc1F. The van der Waals surface area contributed by atoms with E-state index in [4.69, 9.17) is 9.79 Å². The van der Waals surface area contributed by atoms with E-state index >= 15 is 0 Å². The zero-order chi connectivity index (χ0) is 9.14. The summed E-state index contributed by atoms with van der Waals surface area (Å²) in [4.78, 5) is 16.9. The second-order valence-corrected chi connectivity index (χ2v) is 2.94. The molecule has 12 heavy (non-hydrogen) atoms. The summed E-state index contributed by atoms with van der Waals surface area (Å²) in [5.74, 6) is -0.307. The van der Waals surface area contributed by atoms with Gasteiger partial charge in [0.25, 0.3) is 0 Å². The number of rotatable bonds is 2. The first kappa shape index (κ1) is 9.39. The summed E-state index contributed by atoms with van der Waals surface area (Å²) < 4.78 is 17.3. The molecule has 0 spiro atoms. The highest BCUT2D eigenvalue weighted by atomic mass is 31.2. The Hall–Kier alpha value is -0.700. The molecule has 66 valence electrons. The molecule has 0 saturated heterocycles. The monoisotopic (exact) mass is 190 g/mol. The second-order valence-electron chi connectivity index (χ2n) is 2.26. The van der Waals surface area contributed by atoms with Gasteiger partial charge in [-0.3, -0.25) is 0 Å². The number of aryl methyl sites for hydroxylation is 1. The number of hydrogen-bond acceptors (Lipinski definition) is 3. The second kappa shape index (κ2) is 3.81. The molecule has 0 atom stereocenters. The van der Waals surface area contributed by atoms with E-state index in [-0.39, 0.29) is 5.75 Å². The summed E-state index contributed by atoms with van der Waals surface area (Å²) in [6.07, 6.45) is 0. The largest absolute Gasteiger partial charge is 0.427 e. The Morgan fingerprint density at radius 3 is 2.58 bits per heavy atom. The van der Waals surface area contributed by atoms with Crippen LogP contribution in [0.1, 0.15) is 5.56 Å². The minimum atomic E-state index is -2.47. The maximum Gasteiger partial charge on any atom is 0.391 e. The van der Waals surface area contributed by atoms with Crippen LogP contribution in [-0.4, -0.2) is 9.79 Å². The lowest BCUT2D eigenvalue weighted by Gasteiger charge is -2.05. The van der Waals surface area contributed by atoms with Crippen molar-refractivity contribution in [2.45, 2.75) is 6.92 Å². The maximum atomic E-state index is 12.8. The third kappa shape index (κ3) is 2.41. The first-order valence-electron chi connectivity index (χ1n) is 3.21. The summed E-state index contributed by atoms with van der Waals surface area (Å²) in [7, 11) is -2.47. The van der Waals surface area contributed by atoms with E-state index in [1.807, 2.05) is 0 Å². The molecule has 0 aliphatic rings. The number of benzene rings is 1. The van der Waals surface area contributed by atoms with Crippen molar-refractivity contribution in [3.05, 3.63) is 29.6 Å². The fraction of sp³-hybridized carbons (Fsp3) is 0.143. The molecule has 1 rings (SSSR count). The van der Waals surface area contributed by atoms with Gasteiger partial charge in [-0.2, -0.15) is 0 Å².